The van der Waals surface area contributed by atoms with Gasteiger partial charge in [0.2, 0.25) is 11.8 Å². The van der Waals surface area contributed by atoms with E-state index in [1.54, 1.807) is 22.0 Å². The molecular formula is C40H51N3O7. The van der Waals surface area contributed by atoms with Gasteiger partial charge >= 0.3 is 5.97 Å². The topological polar surface area (TPSA) is 125 Å². The van der Waals surface area contributed by atoms with Crippen LogP contribution in [0.2, 0.25) is 0 Å². The molecule has 268 valence electrons. The van der Waals surface area contributed by atoms with Crippen molar-refractivity contribution in [2.24, 2.45) is 11.8 Å². The summed E-state index contributed by atoms with van der Waals surface area (Å²) in [5, 5.41) is 12.1. The summed E-state index contributed by atoms with van der Waals surface area (Å²) in [7, 11) is 0. The van der Waals surface area contributed by atoms with Gasteiger partial charge in [0, 0.05) is 31.8 Å². The highest BCUT2D eigenvalue weighted by Gasteiger charge is 2.75. The second-order valence-electron chi connectivity index (χ2n) is 13.7. The lowest BCUT2D eigenvalue weighted by atomic mass is 9.70. The van der Waals surface area contributed by atoms with Crippen LogP contribution in [0.3, 0.4) is 0 Å². The van der Waals surface area contributed by atoms with Crippen LogP contribution in [0.15, 0.2) is 73.8 Å². The van der Waals surface area contributed by atoms with Crippen molar-refractivity contribution in [2.45, 2.75) is 89.1 Å². The van der Waals surface area contributed by atoms with Crippen LogP contribution in [-0.2, 0) is 28.7 Å². The van der Waals surface area contributed by atoms with E-state index in [0.29, 0.717) is 44.2 Å². The fraction of sp³-hybridized carbons (Fsp3) is 0.500. The number of unbranched alkanes of at least 4 members (excludes halogenated alkanes) is 3. The molecule has 3 saturated heterocycles. The predicted molar refractivity (Wildman–Crippen MR) is 191 cm³/mol. The predicted octanol–water partition coefficient (Wildman–Crippen LogP) is 5.12. The van der Waals surface area contributed by atoms with Crippen LogP contribution in [-0.4, -0.2) is 77.7 Å². The quantitative estimate of drug-likeness (QED) is 0.127. The van der Waals surface area contributed by atoms with Crippen LogP contribution in [0.25, 0.3) is 0 Å². The number of ether oxygens (including phenoxy) is 2. The van der Waals surface area contributed by atoms with E-state index in [0.717, 1.165) is 29.7 Å². The van der Waals surface area contributed by atoms with Crippen molar-refractivity contribution < 1.29 is 33.8 Å². The van der Waals surface area contributed by atoms with E-state index in [2.05, 4.69) is 18.5 Å². The summed E-state index contributed by atoms with van der Waals surface area (Å²) in [4.78, 5) is 59.5. The molecule has 5 rings (SSSR count). The molecule has 0 unspecified atom stereocenters. The minimum Gasteiger partial charge on any atom is -0.455 e. The van der Waals surface area contributed by atoms with Crippen LogP contribution in [0.5, 0.6) is 0 Å². The lowest BCUT2D eigenvalue weighted by molar-refractivity contribution is -0.160. The average Bonchev–Trinajstić information content (AvgIpc) is 3.76. The number of hydrogen-bond acceptors (Lipinski definition) is 7. The van der Waals surface area contributed by atoms with Gasteiger partial charge in [-0.1, -0.05) is 67.5 Å². The normalized spacial score (nSPS) is 24.1. The van der Waals surface area contributed by atoms with Crippen LogP contribution in [0.4, 0.5) is 5.69 Å². The monoisotopic (exact) mass is 685 g/mol. The Morgan fingerprint density at radius 3 is 2.58 bits per heavy atom. The number of nitrogens with zero attached hydrogens (tertiary/aromatic N) is 2. The van der Waals surface area contributed by atoms with Crippen LogP contribution in [0.1, 0.15) is 74.2 Å². The number of anilines is 1. The van der Waals surface area contributed by atoms with E-state index in [4.69, 9.17) is 9.47 Å². The maximum absolute atomic E-state index is 14.9. The summed E-state index contributed by atoms with van der Waals surface area (Å²) in [6.07, 6.45) is 6.65. The van der Waals surface area contributed by atoms with Crippen molar-refractivity contribution in [2.75, 3.05) is 31.1 Å². The van der Waals surface area contributed by atoms with Gasteiger partial charge in [0.1, 0.15) is 17.7 Å². The standard InChI is InChI=1S/C40H51N3O7/c1-5-7-17-33(45)41-26-32(29-15-11-10-12-16-29)49-39(48)34-31-20-21-40(50-31)35(34)37(46)43(23-13-8-9-14-24-44)36(40)38(47)42(22-6-2)30-25-27(3)18-19-28(30)4/h5-6,10-12,15-16,18-19,25,31-32,34-36,44H,1-2,7-9,13-14,17,20-24,26H2,3-4H3,(H,41,45)/t31-,32-,34+,35+,36-,40+/m0/s1. The smallest absolute Gasteiger partial charge is 0.313 e. The molecule has 3 aliphatic rings. The number of benzene rings is 2. The molecule has 10 heteroatoms. The van der Waals surface area contributed by atoms with Gasteiger partial charge in [-0.3, -0.25) is 19.2 Å². The molecule has 6 atom stereocenters. The number of carbonyl (C=O) groups is 4. The van der Waals surface area contributed by atoms with Gasteiger partial charge in [-0.25, -0.2) is 0 Å². The minimum absolute atomic E-state index is 0.0706. The van der Waals surface area contributed by atoms with E-state index < -0.39 is 41.7 Å². The lowest BCUT2D eigenvalue weighted by Crippen LogP contribution is -2.56. The third-order valence-electron chi connectivity index (χ3n) is 10.3. The first-order valence-electron chi connectivity index (χ1n) is 17.9. The van der Waals surface area contributed by atoms with Crippen molar-refractivity contribution >= 4 is 29.4 Å². The number of likely N-dealkylation sites (tertiary alicyclic amines) is 1. The number of nitrogens with one attached hydrogen (secondary N) is 1. The van der Waals surface area contributed by atoms with Gasteiger partial charge in [-0.2, -0.15) is 0 Å². The number of aliphatic hydroxyl groups is 1. The molecule has 3 aliphatic heterocycles. The van der Waals surface area contributed by atoms with Crippen LogP contribution >= 0.6 is 0 Å². The molecule has 0 aliphatic carbocycles. The maximum Gasteiger partial charge on any atom is 0.313 e. The molecule has 2 N–H and O–H groups in total. The van der Waals surface area contributed by atoms with Crippen molar-refractivity contribution in [3.05, 3.63) is 90.5 Å². The Labute approximate surface area is 295 Å². The molecule has 2 bridgehead atoms. The van der Waals surface area contributed by atoms with Crippen LogP contribution < -0.4 is 10.2 Å². The second-order valence-corrected chi connectivity index (χ2v) is 13.7. The first-order valence-corrected chi connectivity index (χ1v) is 17.9. The zero-order chi connectivity index (χ0) is 35.8. The molecule has 2 aromatic carbocycles. The summed E-state index contributed by atoms with van der Waals surface area (Å²) < 4.78 is 12.9. The molecule has 3 fully saturated rings. The van der Waals surface area contributed by atoms with Crippen molar-refractivity contribution in [1.82, 2.24) is 10.2 Å². The number of rotatable bonds is 18. The lowest BCUT2D eigenvalue weighted by Gasteiger charge is -2.37. The summed E-state index contributed by atoms with van der Waals surface area (Å²) in [5.41, 5.74) is 2.19. The Hall–Kier alpha value is -4.28. The molecule has 3 amide bonds. The second kappa shape index (κ2) is 16.6. The molecule has 2 aromatic rings. The van der Waals surface area contributed by atoms with E-state index in [1.165, 1.54) is 0 Å². The highest BCUT2D eigenvalue weighted by atomic mass is 16.6. The van der Waals surface area contributed by atoms with Gasteiger partial charge in [0.15, 0.2) is 0 Å². The zero-order valence-corrected chi connectivity index (χ0v) is 29.4. The number of allylic oxidation sites excluding steroid dienone is 1. The van der Waals surface area contributed by atoms with Gasteiger partial charge in [-0.15, -0.1) is 13.2 Å². The maximum atomic E-state index is 14.9. The largest absolute Gasteiger partial charge is 0.455 e. The zero-order valence-electron chi connectivity index (χ0n) is 29.4. The first kappa shape index (κ1) is 37.0. The number of esters is 1. The van der Waals surface area contributed by atoms with Gasteiger partial charge < -0.3 is 29.7 Å². The third kappa shape index (κ3) is 7.56. The van der Waals surface area contributed by atoms with Crippen LogP contribution in [0, 0.1) is 25.7 Å². The van der Waals surface area contributed by atoms with E-state index in [-0.39, 0.29) is 43.8 Å². The third-order valence-corrected chi connectivity index (χ3v) is 10.3. The Kier molecular flexibility index (Phi) is 12.3. The number of amides is 3. The molecule has 10 nitrogen and oxygen atoms in total. The molecule has 3 heterocycles. The molecular weight excluding hydrogens is 634 g/mol. The Bertz CT molecular complexity index is 1560. The SMILES string of the molecule is C=CCCC(=O)NC[C@H](OC(=O)[C@@H]1[C@@H]2CC[C@]3(O2)[C@H](C(=O)N(CC=C)c2cc(C)ccc2C)N(CCCCCCO)C(=O)[C@@H]13)c1ccccc1. The summed E-state index contributed by atoms with van der Waals surface area (Å²) in [5.74, 6) is -3.08. The molecule has 50 heavy (non-hydrogen) atoms. The number of fused-ring (bicyclic) bond motifs is 1. The summed E-state index contributed by atoms with van der Waals surface area (Å²) >= 11 is 0. The van der Waals surface area contributed by atoms with Gasteiger partial charge in [0.25, 0.3) is 5.91 Å². The summed E-state index contributed by atoms with van der Waals surface area (Å²) in [6, 6.07) is 14.2. The van der Waals surface area contributed by atoms with Gasteiger partial charge in [-0.05, 0) is 68.7 Å². The number of aliphatic hydroxyl groups excluding tert-OH is 1. The molecule has 0 saturated carbocycles. The Morgan fingerprint density at radius 1 is 1.10 bits per heavy atom. The van der Waals surface area contributed by atoms with E-state index in [1.807, 2.05) is 62.4 Å². The average molecular weight is 686 g/mol. The highest BCUT2D eigenvalue weighted by Crippen LogP contribution is 2.59. The number of hydrogen-bond donors (Lipinski definition) is 2. The number of carbonyl (C=O) groups excluding carboxylic acids is 4. The Balaban J connectivity index is 1.46. The van der Waals surface area contributed by atoms with Crippen molar-refractivity contribution in [3.63, 3.8) is 0 Å². The van der Waals surface area contributed by atoms with E-state index >= 15 is 0 Å². The summed E-state index contributed by atoms with van der Waals surface area (Å²) in [6.45, 7) is 12.3. The van der Waals surface area contributed by atoms with E-state index in [9.17, 15) is 24.3 Å². The first-order chi connectivity index (χ1) is 24.2. The fourth-order valence-corrected chi connectivity index (χ4v) is 7.92. The van der Waals surface area contributed by atoms with Gasteiger partial charge in [0.05, 0.1) is 24.5 Å². The highest BCUT2D eigenvalue weighted by molar-refractivity contribution is 6.05. The van der Waals surface area contributed by atoms with Crippen molar-refractivity contribution in [3.8, 4) is 0 Å². The molecule has 1 spiro atoms. The Morgan fingerprint density at radius 2 is 1.86 bits per heavy atom. The molecule has 0 aromatic heterocycles. The minimum atomic E-state index is -1.19. The van der Waals surface area contributed by atoms with Crippen molar-refractivity contribution in [1.29, 1.82) is 0 Å². The number of aryl methyl sites for hydroxylation is 2. The molecule has 0 radical (unpaired) electrons. The fourth-order valence-electron chi connectivity index (χ4n) is 7.92.